The van der Waals surface area contributed by atoms with Crippen LogP contribution in [0.25, 0.3) is 22.6 Å². The molecule has 0 saturated heterocycles. The normalized spacial score (nSPS) is 11.0. The molecular formula is C20H22N4O. The topological polar surface area (TPSA) is 61.9 Å². The van der Waals surface area contributed by atoms with E-state index in [4.69, 9.17) is 0 Å². The van der Waals surface area contributed by atoms with Gasteiger partial charge in [-0.2, -0.15) is 0 Å². The molecular weight excluding hydrogens is 312 g/mol. The van der Waals surface area contributed by atoms with Gasteiger partial charge in [0.05, 0.1) is 5.69 Å². The van der Waals surface area contributed by atoms with Crippen molar-refractivity contribution in [1.82, 2.24) is 19.9 Å². The summed E-state index contributed by atoms with van der Waals surface area (Å²) in [7, 11) is 2.12. The molecule has 0 radical (unpaired) electrons. The molecule has 5 nitrogen and oxygen atoms in total. The molecule has 0 atom stereocenters. The van der Waals surface area contributed by atoms with Gasteiger partial charge in [-0.3, -0.25) is 9.78 Å². The zero-order valence-electron chi connectivity index (χ0n) is 14.6. The summed E-state index contributed by atoms with van der Waals surface area (Å²) in [6.45, 7) is 4.16. The molecule has 128 valence electrons. The lowest BCUT2D eigenvalue weighted by molar-refractivity contribution is 0.327. The lowest BCUT2D eigenvalue weighted by Crippen LogP contribution is -2.18. The largest absolute Gasteiger partial charge is 0.306 e. The molecule has 1 N–H and O–H groups in total. The Bertz CT molecular complexity index is 872. The number of H-pyrrole nitrogens is 1. The summed E-state index contributed by atoms with van der Waals surface area (Å²) in [6.07, 6.45) is 4.55. The van der Waals surface area contributed by atoms with Crippen LogP contribution in [0.1, 0.15) is 18.9 Å². The molecule has 2 aromatic heterocycles. The van der Waals surface area contributed by atoms with Gasteiger partial charge in [-0.05, 0) is 37.7 Å². The number of aromatic nitrogens is 3. The van der Waals surface area contributed by atoms with Crippen molar-refractivity contribution in [3.8, 4) is 22.6 Å². The first kappa shape index (κ1) is 17.0. The van der Waals surface area contributed by atoms with E-state index in [1.54, 1.807) is 12.4 Å². The van der Waals surface area contributed by atoms with Gasteiger partial charge in [-0.1, -0.05) is 31.2 Å². The van der Waals surface area contributed by atoms with Gasteiger partial charge in [0.1, 0.15) is 5.82 Å². The minimum Gasteiger partial charge on any atom is -0.306 e. The Labute approximate surface area is 147 Å². The standard InChI is InChI=1S/C20H22N4O/c1-3-11-24(2)14-15-6-8-16(9-7-15)20-22-18(12-19(25)23-20)17-5-4-10-21-13-17/h4-10,12-13H,3,11,14H2,1-2H3,(H,22,23,25). The number of hydrogen-bond acceptors (Lipinski definition) is 4. The Morgan fingerprint density at radius 2 is 1.92 bits per heavy atom. The summed E-state index contributed by atoms with van der Waals surface area (Å²) in [5, 5.41) is 0. The summed E-state index contributed by atoms with van der Waals surface area (Å²) >= 11 is 0. The van der Waals surface area contributed by atoms with Crippen LogP contribution in [0, 0.1) is 0 Å². The fraction of sp³-hybridized carbons (Fsp3) is 0.250. The predicted octanol–water partition coefficient (Wildman–Crippen LogP) is 3.34. The Balaban J connectivity index is 1.87. The highest BCUT2D eigenvalue weighted by molar-refractivity contribution is 5.62. The number of rotatable bonds is 6. The predicted molar refractivity (Wildman–Crippen MR) is 100 cm³/mol. The number of benzene rings is 1. The zero-order valence-corrected chi connectivity index (χ0v) is 14.6. The highest BCUT2D eigenvalue weighted by atomic mass is 16.1. The SMILES string of the molecule is CCCN(C)Cc1ccc(-c2nc(-c3cccnc3)cc(=O)[nH]2)cc1. The van der Waals surface area contributed by atoms with Crippen molar-refractivity contribution in [2.45, 2.75) is 19.9 Å². The van der Waals surface area contributed by atoms with Crippen LogP contribution in [0.3, 0.4) is 0 Å². The van der Waals surface area contributed by atoms with Crippen LogP contribution >= 0.6 is 0 Å². The molecule has 0 unspecified atom stereocenters. The second kappa shape index (κ2) is 7.85. The van der Waals surface area contributed by atoms with Gasteiger partial charge < -0.3 is 9.88 Å². The van der Waals surface area contributed by atoms with Crippen molar-refractivity contribution in [2.75, 3.05) is 13.6 Å². The van der Waals surface area contributed by atoms with Gasteiger partial charge in [-0.25, -0.2) is 4.98 Å². The molecule has 3 aromatic rings. The van der Waals surface area contributed by atoms with E-state index >= 15 is 0 Å². The maximum absolute atomic E-state index is 12.0. The molecule has 25 heavy (non-hydrogen) atoms. The Hall–Kier alpha value is -2.79. The molecule has 5 heteroatoms. The number of pyridine rings is 1. The van der Waals surface area contributed by atoms with E-state index in [1.165, 1.54) is 11.6 Å². The van der Waals surface area contributed by atoms with E-state index in [-0.39, 0.29) is 5.56 Å². The third-order valence-corrected chi connectivity index (χ3v) is 3.98. The van der Waals surface area contributed by atoms with Gasteiger partial charge >= 0.3 is 0 Å². The van der Waals surface area contributed by atoms with Crippen LogP contribution in [0.2, 0.25) is 0 Å². The fourth-order valence-electron chi connectivity index (χ4n) is 2.80. The second-order valence-corrected chi connectivity index (χ2v) is 6.16. The maximum atomic E-state index is 12.0. The average Bonchev–Trinajstić information content (AvgIpc) is 2.63. The molecule has 0 spiro atoms. The van der Waals surface area contributed by atoms with Crippen LogP contribution in [0.4, 0.5) is 0 Å². The number of nitrogens with zero attached hydrogens (tertiary/aromatic N) is 3. The molecule has 0 aliphatic heterocycles. The molecule has 0 fully saturated rings. The third-order valence-electron chi connectivity index (χ3n) is 3.98. The van der Waals surface area contributed by atoms with Crippen LogP contribution < -0.4 is 5.56 Å². The van der Waals surface area contributed by atoms with Gasteiger partial charge in [0, 0.05) is 36.1 Å². The molecule has 0 aliphatic rings. The van der Waals surface area contributed by atoms with Crippen molar-refractivity contribution < 1.29 is 0 Å². The first-order valence-corrected chi connectivity index (χ1v) is 8.45. The highest BCUT2D eigenvalue weighted by Gasteiger charge is 2.07. The first-order chi connectivity index (χ1) is 12.2. The van der Waals surface area contributed by atoms with Crippen molar-refractivity contribution in [1.29, 1.82) is 0 Å². The molecule has 0 aliphatic carbocycles. The monoisotopic (exact) mass is 334 g/mol. The Kier molecular flexibility index (Phi) is 5.36. The quantitative estimate of drug-likeness (QED) is 0.751. The number of hydrogen-bond donors (Lipinski definition) is 1. The summed E-state index contributed by atoms with van der Waals surface area (Å²) in [5.74, 6) is 0.569. The van der Waals surface area contributed by atoms with Crippen molar-refractivity contribution in [2.24, 2.45) is 0 Å². The molecule has 0 amide bonds. The zero-order chi connectivity index (χ0) is 17.6. The molecule has 2 heterocycles. The van der Waals surface area contributed by atoms with Crippen LogP contribution in [0.5, 0.6) is 0 Å². The van der Waals surface area contributed by atoms with Gasteiger partial charge in [0.2, 0.25) is 0 Å². The van der Waals surface area contributed by atoms with Gasteiger partial charge in [0.15, 0.2) is 0 Å². The second-order valence-electron chi connectivity index (χ2n) is 6.16. The van der Waals surface area contributed by atoms with Crippen molar-refractivity contribution >= 4 is 0 Å². The summed E-state index contributed by atoms with van der Waals surface area (Å²) in [4.78, 5) is 25.8. The summed E-state index contributed by atoms with van der Waals surface area (Å²) in [6, 6.07) is 13.4. The van der Waals surface area contributed by atoms with E-state index in [9.17, 15) is 4.79 Å². The minimum absolute atomic E-state index is 0.171. The van der Waals surface area contributed by atoms with Crippen molar-refractivity contribution in [3.05, 3.63) is 70.8 Å². The summed E-state index contributed by atoms with van der Waals surface area (Å²) in [5.41, 5.74) is 3.41. The fourth-order valence-corrected chi connectivity index (χ4v) is 2.80. The first-order valence-electron chi connectivity index (χ1n) is 8.45. The molecule has 0 saturated carbocycles. The molecule has 1 aromatic carbocycles. The van der Waals surface area contributed by atoms with E-state index in [1.807, 2.05) is 24.3 Å². The average molecular weight is 334 g/mol. The van der Waals surface area contributed by atoms with Crippen LogP contribution in [-0.2, 0) is 6.54 Å². The number of nitrogens with one attached hydrogen (secondary N) is 1. The summed E-state index contributed by atoms with van der Waals surface area (Å²) < 4.78 is 0. The lowest BCUT2D eigenvalue weighted by atomic mass is 10.1. The van der Waals surface area contributed by atoms with Gasteiger partial charge in [0.25, 0.3) is 5.56 Å². The number of aromatic amines is 1. The maximum Gasteiger partial charge on any atom is 0.251 e. The van der Waals surface area contributed by atoms with E-state index in [0.29, 0.717) is 11.5 Å². The third kappa shape index (κ3) is 4.39. The molecule has 0 bridgehead atoms. The smallest absolute Gasteiger partial charge is 0.251 e. The van der Waals surface area contributed by atoms with Crippen LogP contribution in [-0.4, -0.2) is 33.4 Å². The Morgan fingerprint density at radius 1 is 1.12 bits per heavy atom. The molecule has 3 rings (SSSR count). The van der Waals surface area contributed by atoms with Crippen molar-refractivity contribution in [3.63, 3.8) is 0 Å². The van der Waals surface area contributed by atoms with Gasteiger partial charge in [-0.15, -0.1) is 0 Å². The Morgan fingerprint density at radius 3 is 2.60 bits per heavy atom. The van der Waals surface area contributed by atoms with Crippen LogP contribution in [0.15, 0.2) is 59.7 Å². The van der Waals surface area contributed by atoms with E-state index < -0.39 is 0 Å². The van der Waals surface area contributed by atoms with E-state index in [0.717, 1.165) is 30.6 Å². The lowest BCUT2D eigenvalue weighted by Gasteiger charge is -2.15. The van der Waals surface area contributed by atoms with E-state index in [2.05, 4.69) is 46.0 Å². The minimum atomic E-state index is -0.171. The highest BCUT2D eigenvalue weighted by Crippen LogP contribution is 2.19.